The predicted octanol–water partition coefficient (Wildman–Crippen LogP) is 4.88. The first-order valence-corrected chi connectivity index (χ1v) is 9.99. The minimum absolute atomic E-state index is 0.0840. The van der Waals surface area contributed by atoms with E-state index < -0.39 is 5.97 Å². The molecule has 0 aliphatic carbocycles. The van der Waals surface area contributed by atoms with E-state index in [2.05, 4.69) is 62.2 Å². The monoisotopic (exact) mass is 424 g/mol. The van der Waals surface area contributed by atoms with E-state index in [-0.39, 0.29) is 12.0 Å². The smallest absolute Gasteiger partial charge is 0.306 e. The standard InChI is InChI=1S/C22H21BrN2O2/c23-17-7-5-15(6-8-17)21(25-13-10-16(11-14-25)22(26)27)19-9-12-24-20-4-2-1-3-18(19)20/h1-9,12,16,21H,10-11,13-14H2,(H,26,27). The van der Waals surface area contributed by atoms with Gasteiger partial charge in [-0.15, -0.1) is 0 Å². The number of para-hydroxylation sites is 1. The quantitative estimate of drug-likeness (QED) is 0.647. The molecule has 1 aliphatic heterocycles. The van der Waals surface area contributed by atoms with Crippen LogP contribution >= 0.6 is 15.9 Å². The van der Waals surface area contributed by atoms with Crippen LogP contribution in [0.3, 0.4) is 0 Å². The second-order valence-corrected chi connectivity index (χ2v) is 7.94. The minimum Gasteiger partial charge on any atom is -0.481 e. The van der Waals surface area contributed by atoms with Gasteiger partial charge in [-0.1, -0.05) is 46.3 Å². The molecule has 1 aromatic heterocycles. The zero-order chi connectivity index (χ0) is 18.8. The number of carbonyl (C=O) groups is 1. The Morgan fingerprint density at radius 1 is 1.07 bits per heavy atom. The zero-order valence-electron chi connectivity index (χ0n) is 14.9. The van der Waals surface area contributed by atoms with Crippen molar-refractivity contribution in [1.29, 1.82) is 0 Å². The average molecular weight is 425 g/mol. The van der Waals surface area contributed by atoms with Gasteiger partial charge in [0.05, 0.1) is 17.5 Å². The van der Waals surface area contributed by atoms with E-state index in [1.165, 1.54) is 11.1 Å². The van der Waals surface area contributed by atoms with Crippen LogP contribution in [0.25, 0.3) is 10.9 Å². The Labute approximate surface area is 167 Å². The molecule has 0 saturated carbocycles. The predicted molar refractivity (Wildman–Crippen MR) is 110 cm³/mol. The fraction of sp³-hybridized carbons (Fsp3) is 0.273. The molecule has 0 spiro atoms. The number of hydrogen-bond donors (Lipinski definition) is 1. The SMILES string of the molecule is O=C(O)C1CCN(C(c2ccc(Br)cc2)c2ccnc3ccccc23)CC1. The van der Waals surface area contributed by atoms with Crippen LogP contribution in [0.4, 0.5) is 0 Å². The molecular weight excluding hydrogens is 404 g/mol. The van der Waals surface area contributed by atoms with Crippen molar-refractivity contribution in [2.24, 2.45) is 5.92 Å². The summed E-state index contributed by atoms with van der Waals surface area (Å²) in [6, 6.07) is 18.8. The Balaban J connectivity index is 1.77. The van der Waals surface area contributed by atoms with E-state index in [4.69, 9.17) is 0 Å². The highest BCUT2D eigenvalue weighted by atomic mass is 79.9. The molecule has 0 bridgehead atoms. The summed E-state index contributed by atoms with van der Waals surface area (Å²) in [5.74, 6) is -0.912. The third-order valence-corrected chi connectivity index (χ3v) is 5.94. The summed E-state index contributed by atoms with van der Waals surface area (Å²) in [6.45, 7) is 1.54. The lowest BCUT2D eigenvalue weighted by Gasteiger charge is -2.37. The van der Waals surface area contributed by atoms with Gasteiger partial charge in [-0.3, -0.25) is 14.7 Å². The normalized spacial score (nSPS) is 17.1. The maximum Gasteiger partial charge on any atom is 0.306 e. The number of aliphatic carboxylic acids is 1. The number of fused-ring (bicyclic) bond motifs is 1. The summed E-state index contributed by atoms with van der Waals surface area (Å²) in [7, 11) is 0. The van der Waals surface area contributed by atoms with Crippen molar-refractivity contribution >= 4 is 32.8 Å². The third kappa shape index (κ3) is 3.75. The fourth-order valence-electron chi connectivity index (χ4n) is 3.99. The molecule has 0 amide bonds. The Morgan fingerprint density at radius 2 is 1.78 bits per heavy atom. The van der Waals surface area contributed by atoms with Gasteiger partial charge < -0.3 is 5.11 Å². The number of rotatable bonds is 4. The number of benzene rings is 2. The van der Waals surface area contributed by atoms with Gasteiger partial charge in [0.2, 0.25) is 0 Å². The van der Waals surface area contributed by atoms with Gasteiger partial charge in [-0.05, 0) is 61.3 Å². The van der Waals surface area contributed by atoms with Gasteiger partial charge in [0.1, 0.15) is 0 Å². The molecule has 0 radical (unpaired) electrons. The van der Waals surface area contributed by atoms with Gasteiger partial charge in [0.25, 0.3) is 0 Å². The van der Waals surface area contributed by atoms with E-state index in [0.717, 1.165) is 28.5 Å². The fourth-order valence-corrected chi connectivity index (χ4v) is 4.26. The van der Waals surface area contributed by atoms with E-state index in [1.807, 2.05) is 24.4 Å². The third-order valence-electron chi connectivity index (χ3n) is 5.41. The summed E-state index contributed by atoms with van der Waals surface area (Å²) in [4.78, 5) is 18.3. The maximum atomic E-state index is 11.4. The highest BCUT2D eigenvalue weighted by Crippen LogP contribution is 2.36. The van der Waals surface area contributed by atoms with Crippen molar-refractivity contribution in [1.82, 2.24) is 9.88 Å². The zero-order valence-corrected chi connectivity index (χ0v) is 16.5. The van der Waals surface area contributed by atoms with Crippen LogP contribution in [0, 0.1) is 5.92 Å². The highest BCUT2D eigenvalue weighted by Gasteiger charge is 2.30. The highest BCUT2D eigenvalue weighted by molar-refractivity contribution is 9.10. The molecular formula is C22H21BrN2O2. The van der Waals surface area contributed by atoms with Gasteiger partial charge in [-0.2, -0.15) is 0 Å². The molecule has 1 N–H and O–H groups in total. The molecule has 1 atom stereocenters. The second kappa shape index (κ2) is 7.79. The number of nitrogens with zero attached hydrogens (tertiary/aromatic N) is 2. The number of piperidine rings is 1. The summed E-state index contributed by atoms with van der Waals surface area (Å²) < 4.78 is 1.05. The van der Waals surface area contributed by atoms with E-state index in [9.17, 15) is 9.90 Å². The van der Waals surface area contributed by atoms with Crippen LogP contribution in [0.5, 0.6) is 0 Å². The van der Waals surface area contributed by atoms with E-state index in [1.54, 1.807) is 0 Å². The molecule has 2 heterocycles. The van der Waals surface area contributed by atoms with Crippen molar-refractivity contribution in [3.63, 3.8) is 0 Å². The number of carboxylic acids is 1. The van der Waals surface area contributed by atoms with Crippen LogP contribution in [0.2, 0.25) is 0 Å². The first kappa shape index (κ1) is 18.1. The largest absolute Gasteiger partial charge is 0.481 e. The molecule has 138 valence electrons. The first-order chi connectivity index (χ1) is 13.1. The minimum atomic E-state index is -0.677. The maximum absolute atomic E-state index is 11.4. The summed E-state index contributed by atoms with van der Waals surface area (Å²) >= 11 is 3.52. The molecule has 1 unspecified atom stereocenters. The lowest BCUT2D eigenvalue weighted by molar-refractivity contribution is -0.143. The van der Waals surface area contributed by atoms with Gasteiger partial charge in [-0.25, -0.2) is 0 Å². The van der Waals surface area contributed by atoms with Crippen molar-refractivity contribution in [2.75, 3.05) is 13.1 Å². The molecule has 1 aliphatic rings. The molecule has 1 fully saturated rings. The second-order valence-electron chi connectivity index (χ2n) is 7.02. The Kier molecular flexibility index (Phi) is 5.23. The average Bonchev–Trinajstić information content (AvgIpc) is 2.70. The van der Waals surface area contributed by atoms with Crippen LogP contribution in [-0.4, -0.2) is 34.0 Å². The van der Waals surface area contributed by atoms with Gasteiger partial charge in [0, 0.05) is 16.1 Å². The number of carboxylic acid groups (broad SMARTS) is 1. The number of likely N-dealkylation sites (tertiary alicyclic amines) is 1. The molecule has 2 aromatic carbocycles. The molecule has 4 nitrogen and oxygen atoms in total. The van der Waals surface area contributed by atoms with Crippen molar-refractivity contribution < 1.29 is 9.90 Å². The van der Waals surface area contributed by atoms with E-state index in [0.29, 0.717) is 12.8 Å². The van der Waals surface area contributed by atoms with Crippen molar-refractivity contribution in [2.45, 2.75) is 18.9 Å². The molecule has 3 aromatic rings. The lowest BCUT2D eigenvalue weighted by Crippen LogP contribution is -2.39. The summed E-state index contributed by atoms with van der Waals surface area (Å²) in [5.41, 5.74) is 3.41. The van der Waals surface area contributed by atoms with Crippen LogP contribution in [-0.2, 0) is 4.79 Å². The van der Waals surface area contributed by atoms with Crippen LogP contribution in [0.15, 0.2) is 65.3 Å². The number of aromatic nitrogens is 1. The lowest BCUT2D eigenvalue weighted by atomic mass is 9.90. The number of pyridine rings is 1. The number of hydrogen-bond acceptors (Lipinski definition) is 3. The van der Waals surface area contributed by atoms with Crippen LogP contribution in [0.1, 0.15) is 30.0 Å². The van der Waals surface area contributed by atoms with Crippen molar-refractivity contribution in [3.05, 3.63) is 76.4 Å². The Hall–Kier alpha value is -2.24. The molecule has 1 saturated heterocycles. The topological polar surface area (TPSA) is 53.4 Å². The Morgan fingerprint density at radius 3 is 2.48 bits per heavy atom. The van der Waals surface area contributed by atoms with Gasteiger partial charge >= 0.3 is 5.97 Å². The summed E-state index contributed by atoms with van der Waals surface area (Å²) in [6.07, 6.45) is 3.24. The summed E-state index contributed by atoms with van der Waals surface area (Å²) in [5, 5.41) is 10.5. The Bertz CT molecular complexity index is 945. The number of halogens is 1. The van der Waals surface area contributed by atoms with Crippen molar-refractivity contribution in [3.8, 4) is 0 Å². The molecule has 4 rings (SSSR count). The molecule has 5 heteroatoms. The molecule has 27 heavy (non-hydrogen) atoms. The van der Waals surface area contributed by atoms with E-state index >= 15 is 0 Å². The van der Waals surface area contributed by atoms with Gasteiger partial charge in [0.15, 0.2) is 0 Å². The van der Waals surface area contributed by atoms with Crippen LogP contribution < -0.4 is 0 Å². The first-order valence-electron chi connectivity index (χ1n) is 9.19.